The lowest BCUT2D eigenvalue weighted by Crippen LogP contribution is -2.14. The zero-order valence-corrected chi connectivity index (χ0v) is 11.2. The number of sulfonamides is 1. The van der Waals surface area contributed by atoms with E-state index in [1.165, 1.54) is 19.2 Å². The number of hydrogen-bond acceptors (Lipinski definition) is 6. The molecule has 1 aromatic carbocycles. The van der Waals surface area contributed by atoms with Gasteiger partial charge in [0.05, 0.1) is 25.2 Å². The molecule has 0 saturated carbocycles. The van der Waals surface area contributed by atoms with Gasteiger partial charge in [-0.1, -0.05) is 0 Å². The lowest BCUT2D eigenvalue weighted by atomic mass is 10.3. The van der Waals surface area contributed by atoms with Gasteiger partial charge in [0.1, 0.15) is 4.90 Å². The number of nitrogens with zero attached hydrogens (tertiary/aromatic N) is 2. The predicted molar refractivity (Wildman–Crippen MR) is 70.2 cm³/mol. The van der Waals surface area contributed by atoms with Crippen molar-refractivity contribution in [3.63, 3.8) is 0 Å². The largest absolute Gasteiger partial charge is 0.494 e. The van der Waals surface area contributed by atoms with E-state index < -0.39 is 15.8 Å². The lowest BCUT2D eigenvalue weighted by molar-refractivity contribution is 0.386. The molecule has 1 aromatic heterocycles. The van der Waals surface area contributed by atoms with E-state index in [0.29, 0.717) is 0 Å². The van der Waals surface area contributed by atoms with E-state index in [0.717, 1.165) is 18.5 Å². The molecule has 0 aliphatic rings. The van der Waals surface area contributed by atoms with Crippen LogP contribution in [0.5, 0.6) is 5.75 Å². The normalized spacial score (nSPS) is 11.1. The van der Waals surface area contributed by atoms with Crippen molar-refractivity contribution in [3.8, 4) is 5.75 Å². The van der Waals surface area contributed by atoms with Crippen LogP contribution in [0, 0.1) is 5.82 Å². The maximum absolute atomic E-state index is 13.5. The third-order valence-corrected chi connectivity index (χ3v) is 3.70. The Morgan fingerprint density at radius 2 is 1.95 bits per heavy atom. The zero-order chi connectivity index (χ0) is 14.8. The molecule has 7 nitrogen and oxygen atoms in total. The van der Waals surface area contributed by atoms with E-state index in [1.807, 2.05) is 0 Å². The molecule has 0 aliphatic heterocycles. The van der Waals surface area contributed by atoms with E-state index in [-0.39, 0.29) is 22.3 Å². The number of nitrogens with two attached hydrogens (primary N) is 1. The number of halogens is 1. The lowest BCUT2D eigenvalue weighted by Gasteiger charge is -2.09. The molecule has 0 spiro atoms. The number of methoxy groups -OCH3 is 1. The van der Waals surface area contributed by atoms with Crippen LogP contribution in [-0.2, 0) is 10.0 Å². The number of nitrogens with one attached hydrogen (secondary N) is 1. The van der Waals surface area contributed by atoms with E-state index in [9.17, 15) is 12.8 Å². The number of hydrogen-bond donors (Lipinski definition) is 2. The van der Waals surface area contributed by atoms with Crippen LogP contribution in [0.25, 0.3) is 0 Å². The van der Waals surface area contributed by atoms with Crippen molar-refractivity contribution < 1.29 is 17.5 Å². The Bertz CT molecular complexity index is 719. The highest BCUT2D eigenvalue weighted by molar-refractivity contribution is 7.92. The molecular weight excluding hydrogens is 287 g/mol. The van der Waals surface area contributed by atoms with Gasteiger partial charge in [0, 0.05) is 6.07 Å². The number of benzene rings is 1. The fraction of sp³-hybridized carbons (Fsp3) is 0.0909. The van der Waals surface area contributed by atoms with Gasteiger partial charge in [0.25, 0.3) is 10.0 Å². The van der Waals surface area contributed by atoms with Crippen molar-refractivity contribution in [2.45, 2.75) is 4.90 Å². The third kappa shape index (κ3) is 2.94. The molecule has 3 N–H and O–H groups in total. The van der Waals surface area contributed by atoms with Crippen LogP contribution < -0.4 is 15.2 Å². The molecule has 1 heterocycles. The van der Waals surface area contributed by atoms with Gasteiger partial charge < -0.3 is 10.5 Å². The summed E-state index contributed by atoms with van der Waals surface area (Å²) in [5.41, 5.74) is 5.33. The summed E-state index contributed by atoms with van der Waals surface area (Å²) in [4.78, 5) is 6.99. The Hall–Kier alpha value is -2.42. The van der Waals surface area contributed by atoms with Crippen LogP contribution in [-0.4, -0.2) is 25.5 Å². The molecule has 2 rings (SSSR count). The number of anilines is 2. The van der Waals surface area contributed by atoms with Gasteiger partial charge in [-0.3, -0.25) is 4.72 Å². The Morgan fingerprint density at radius 3 is 2.50 bits per heavy atom. The summed E-state index contributed by atoms with van der Waals surface area (Å²) in [6.07, 6.45) is 2.12. The Morgan fingerprint density at radius 1 is 1.30 bits per heavy atom. The molecule has 0 radical (unpaired) electrons. The van der Waals surface area contributed by atoms with Crippen LogP contribution in [0.3, 0.4) is 0 Å². The van der Waals surface area contributed by atoms with Gasteiger partial charge in [-0.2, -0.15) is 0 Å². The summed E-state index contributed by atoms with van der Waals surface area (Å²) in [6, 6.07) is 3.69. The second-order valence-electron chi connectivity index (χ2n) is 3.73. The fourth-order valence-corrected chi connectivity index (χ4v) is 2.35. The van der Waals surface area contributed by atoms with E-state index >= 15 is 0 Å². The van der Waals surface area contributed by atoms with Crippen LogP contribution >= 0.6 is 0 Å². The van der Waals surface area contributed by atoms with Gasteiger partial charge in [-0.15, -0.1) is 0 Å². The molecule has 0 fully saturated rings. The van der Waals surface area contributed by atoms with Crippen LogP contribution in [0.15, 0.2) is 35.5 Å². The highest BCUT2D eigenvalue weighted by Crippen LogP contribution is 2.22. The molecule has 0 unspecified atom stereocenters. The fourth-order valence-electron chi connectivity index (χ4n) is 1.41. The minimum atomic E-state index is -3.90. The van der Waals surface area contributed by atoms with Gasteiger partial charge in [-0.05, 0) is 12.1 Å². The molecule has 0 saturated heterocycles. The maximum Gasteiger partial charge on any atom is 0.264 e. The molecule has 106 valence electrons. The van der Waals surface area contributed by atoms with Crippen molar-refractivity contribution in [2.24, 2.45) is 0 Å². The van der Waals surface area contributed by atoms with Gasteiger partial charge >= 0.3 is 0 Å². The first-order chi connectivity index (χ1) is 9.42. The third-order valence-electron chi connectivity index (χ3n) is 2.36. The second-order valence-corrected chi connectivity index (χ2v) is 5.41. The van der Waals surface area contributed by atoms with E-state index in [4.69, 9.17) is 10.5 Å². The van der Waals surface area contributed by atoms with Crippen LogP contribution in [0.1, 0.15) is 0 Å². The maximum atomic E-state index is 13.5. The molecule has 0 amide bonds. The topological polar surface area (TPSA) is 107 Å². The average Bonchev–Trinajstić information content (AvgIpc) is 2.39. The van der Waals surface area contributed by atoms with Gasteiger partial charge in [0.15, 0.2) is 11.6 Å². The highest BCUT2D eigenvalue weighted by Gasteiger charge is 2.16. The summed E-state index contributed by atoms with van der Waals surface area (Å²) >= 11 is 0. The van der Waals surface area contributed by atoms with Crippen LogP contribution in [0.4, 0.5) is 16.0 Å². The monoisotopic (exact) mass is 298 g/mol. The smallest absolute Gasteiger partial charge is 0.264 e. The molecular formula is C11H11FN4O3S. The number of rotatable bonds is 4. The van der Waals surface area contributed by atoms with Crippen molar-refractivity contribution in [1.82, 2.24) is 9.97 Å². The predicted octanol–water partition coefficient (Wildman–Crippen LogP) is 1.01. The number of nitrogen functional groups attached to an aromatic ring is 1. The molecule has 0 aliphatic carbocycles. The average molecular weight is 298 g/mol. The second kappa shape index (κ2) is 5.29. The Balaban J connectivity index is 2.28. The molecule has 20 heavy (non-hydrogen) atoms. The van der Waals surface area contributed by atoms with Crippen molar-refractivity contribution >= 4 is 21.7 Å². The summed E-state index contributed by atoms with van der Waals surface area (Å²) in [5.74, 6) is -0.704. The first-order valence-electron chi connectivity index (χ1n) is 5.36. The first-order valence-corrected chi connectivity index (χ1v) is 6.84. The number of aromatic nitrogens is 2. The van der Waals surface area contributed by atoms with Crippen molar-refractivity contribution in [2.75, 3.05) is 17.6 Å². The molecule has 0 bridgehead atoms. The standard InChI is InChI=1S/C11H11FN4O3S/c1-19-10-3-2-7(4-9(10)12)16-20(17,18)8-5-14-11(13)15-6-8/h2-6,16H,1H3,(H2,13,14,15). The van der Waals surface area contributed by atoms with Gasteiger partial charge in [0.2, 0.25) is 5.95 Å². The quantitative estimate of drug-likeness (QED) is 0.872. The first kappa shape index (κ1) is 14.0. The summed E-state index contributed by atoms with van der Waals surface area (Å²) in [6.45, 7) is 0. The minimum Gasteiger partial charge on any atom is -0.494 e. The van der Waals surface area contributed by atoms with Gasteiger partial charge in [-0.25, -0.2) is 22.8 Å². The summed E-state index contributed by atoms with van der Waals surface area (Å²) in [7, 11) is -2.59. The van der Waals surface area contributed by atoms with Crippen molar-refractivity contribution in [3.05, 3.63) is 36.4 Å². The summed E-state index contributed by atoms with van der Waals surface area (Å²) in [5, 5.41) is 0. The van der Waals surface area contributed by atoms with E-state index in [2.05, 4.69) is 14.7 Å². The highest BCUT2D eigenvalue weighted by atomic mass is 32.2. The molecule has 2 aromatic rings. The SMILES string of the molecule is COc1ccc(NS(=O)(=O)c2cnc(N)nc2)cc1F. The van der Waals surface area contributed by atoms with Crippen molar-refractivity contribution in [1.29, 1.82) is 0 Å². The summed E-state index contributed by atoms with van der Waals surface area (Å²) < 4.78 is 44.4. The molecule has 0 atom stereocenters. The van der Waals surface area contributed by atoms with Crippen LogP contribution in [0.2, 0.25) is 0 Å². The zero-order valence-electron chi connectivity index (χ0n) is 10.4. The Kier molecular flexibility index (Phi) is 3.70. The Labute approximate surface area is 114 Å². The van der Waals surface area contributed by atoms with E-state index in [1.54, 1.807) is 0 Å². The number of ether oxygens (including phenoxy) is 1. The molecule has 9 heteroatoms. The minimum absolute atomic E-state index is 0.0174.